The quantitative estimate of drug-likeness (QED) is 0.327. The molecule has 0 aromatic heterocycles. The average molecular weight is 176 g/mol. The van der Waals surface area contributed by atoms with Gasteiger partial charge in [-0.15, -0.1) is 0 Å². The Morgan fingerprint density at radius 1 is 1.67 bits per heavy atom. The first-order valence-corrected chi connectivity index (χ1v) is 2.99. The summed E-state index contributed by atoms with van der Waals surface area (Å²) in [7, 11) is 0. The molecule has 2 amide bonds. The summed E-state index contributed by atoms with van der Waals surface area (Å²) in [6.07, 6.45) is -0.0162. The van der Waals surface area contributed by atoms with E-state index in [0.717, 1.165) is 6.08 Å². The molecule has 0 radical (unpaired) electrons. The lowest BCUT2D eigenvalue weighted by Gasteiger charge is -2.00. The van der Waals surface area contributed by atoms with E-state index >= 15 is 0 Å². The monoisotopic (exact) mass is 176 g/mol. The number of carbonyl (C=O) groups excluding carboxylic acids is 1. The summed E-state index contributed by atoms with van der Waals surface area (Å²) in [5.74, 6) is -0.981. The number of nitrogens with one attached hydrogen (secondary N) is 1. The third-order valence-electron chi connectivity index (χ3n) is 0.526. The second-order valence-corrected chi connectivity index (χ2v) is 1.73. The normalized spacial score (nSPS) is 10.2. The number of nitrogens with two attached hydrogens (primary N) is 1. The van der Waals surface area contributed by atoms with Gasteiger partial charge in [0, 0.05) is 6.08 Å². The number of carboxylic acid groups (broad SMARTS) is 1. The van der Waals surface area contributed by atoms with Gasteiger partial charge >= 0.3 is 12.0 Å². The maximum Gasteiger partial charge on any atom is 0.327 e. The highest BCUT2D eigenvalue weighted by Crippen LogP contribution is 1.66. The second kappa shape index (κ2) is 7.55. The van der Waals surface area contributed by atoms with Gasteiger partial charge in [0.05, 0.1) is 0 Å². The minimum absolute atomic E-state index is 0.713. The lowest BCUT2D eigenvalue weighted by Crippen LogP contribution is -2.36. The number of hydrogen-bond acceptors (Lipinski definition) is 3. The number of aliphatic hydroxyl groups excluding tert-OH is 1. The second-order valence-electron chi connectivity index (χ2n) is 1.73. The zero-order valence-electron chi connectivity index (χ0n) is 6.65. The van der Waals surface area contributed by atoms with Crippen LogP contribution in [0, 0.1) is 0 Å². The summed E-state index contributed by atoms with van der Waals surface area (Å²) in [6.45, 7) is 4.37. The molecule has 0 aromatic carbocycles. The fraction of sp³-hybridized carbons (Fsp3) is 0.333. The first-order valence-electron chi connectivity index (χ1n) is 2.99. The van der Waals surface area contributed by atoms with Crippen LogP contribution in [0.2, 0.25) is 0 Å². The van der Waals surface area contributed by atoms with Gasteiger partial charge in [0.1, 0.15) is 6.23 Å². The van der Waals surface area contributed by atoms with Crippen LogP contribution < -0.4 is 11.1 Å². The topological polar surface area (TPSA) is 113 Å². The van der Waals surface area contributed by atoms with Crippen LogP contribution in [0.4, 0.5) is 4.79 Å². The van der Waals surface area contributed by atoms with E-state index in [1.807, 2.05) is 5.32 Å². The van der Waals surface area contributed by atoms with Gasteiger partial charge in [-0.3, -0.25) is 0 Å². The van der Waals surface area contributed by atoms with Crippen LogP contribution in [0.3, 0.4) is 0 Å². The first kappa shape index (κ1) is 13.1. The van der Waals surface area contributed by atoms with Crippen LogP contribution >= 0.6 is 0 Å². The molecule has 0 aliphatic rings. The van der Waals surface area contributed by atoms with E-state index in [-0.39, 0.29) is 0 Å². The molecule has 0 rings (SSSR count). The molecule has 0 spiro atoms. The SMILES string of the molecule is C=CC(=O)O.CC(O)NC(N)=O. The van der Waals surface area contributed by atoms with Crippen LogP contribution in [0.1, 0.15) is 6.92 Å². The average Bonchev–Trinajstić information content (AvgIpc) is 1.85. The van der Waals surface area contributed by atoms with E-state index in [4.69, 9.17) is 10.2 Å². The molecular formula is C6H12N2O4. The maximum absolute atomic E-state index is 9.76. The summed E-state index contributed by atoms with van der Waals surface area (Å²) in [4.78, 5) is 19.0. The van der Waals surface area contributed by atoms with Gasteiger partial charge in [0.15, 0.2) is 0 Å². The van der Waals surface area contributed by atoms with Crippen molar-refractivity contribution in [1.29, 1.82) is 0 Å². The Labute approximate surface area is 69.7 Å². The standard InChI is InChI=1S/C3H8N2O2.C3H4O2/c1-2(6)5-3(4)7;1-2-3(4)5/h2,6H,1H3,(H3,4,5,7);2H,1H2,(H,4,5). The first-order chi connectivity index (χ1) is 5.40. The summed E-state index contributed by atoms with van der Waals surface area (Å²) in [5, 5.41) is 17.9. The predicted molar refractivity (Wildman–Crippen MR) is 42.2 cm³/mol. The molecule has 0 bridgehead atoms. The molecule has 0 aliphatic carbocycles. The Bertz CT molecular complexity index is 167. The third-order valence-corrected chi connectivity index (χ3v) is 0.526. The predicted octanol–water partition coefficient (Wildman–Crippen LogP) is -0.750. The summed E-state index contributed by atoms with van der Waals surface area (Å²) >= 11 is 0. The molecule has 0 saturated carbocycles. The lowest BCUT2D eigenvalue weighted by molar-refractivity contribution is -0.131. The van der Waals surface area contributed by atoms with Gasteiger partial charge in [-0.25, -0.2) is 9.59 Å². The van der Waals surface area contributed by atoms with Crippen molar-refractivity contribution < 1.29 is 19.8 Å². The lowest BCUT2D eigenvalue weighted by atomic mass is 10.7. The number of urea groups is 1. The highest BCUT2D eigenvalue weighted by Gasteiger charge is 1.93. The van der Waals surface area contributed by atoms with Crippen molar-refractivity contribution in [3.8, 4) is 0 Å². The zero-order valence-corrected chi connectivity index (χ0v) is 6.65. The van der Waals surface area contributed by atoms with Crippen molar-refractivity contribution in [2.45, 2.75) is 13.2 Å². The molecule has 0 aliphatic heterocycles. The van der Waals surface area contributed by atoms with Gasteiger partial charge in [-0.1, -0.05) is 6.58 Å². The number of aliphatic carboxylic acids is 1. The smallest absolute Gasteiger partial charge is 0.327 e. The van der Waals surface area contributed by atoms with Gasteiger partial charge in [-0.2, -0.15) is 0 Å². The van der Waals surface area contributed by atoms with Crippen LogP contribution in [0.5, 0.6) is 0 Å². The minimum atomic E-state index is -0.981. The van der Waals surface area contributed by atoms with E-state index in [2.05, 4.69) is 12.3 Å². The molecule has 0 fully saturated rings. The fourth-order valence-electron chi connectivity index (χ4n) is 0.206. The molecule has 6 nitrogen and oxygen atoms in total. The molecule has 0 saturated heterocycles. The number of amides is 2. The molecule has 1 atom stereocenters. The maximum atomic E-state index is 9.76. The number of carboxylic acids is 1. The van der Waals surface area contributed by atoms with E-state index < -0.39 is 18.2 Å². The zero-order chi connectivity index (χ0) is 10.1. The third kappa shape index (κ3) is 23.7. The van der Waals surface area contributed by atoms with Crippen molar-refractivity contribution in [1.82, 2.24) is 5.32 Å². The van der Waals surface area contributed by atoms with Crippen molar-refractivity contribution in [2.75, 3.05) is 0 Å². The van der Waals surface area contributed by atoms with Crippen LogP contribution in [-0.4, -0.2) is 28.4 Å². The molecule has 0 heterocycles. The van der Waals surface area contributed by atoms with Crippen LogP contribution in [-0.2, 0) is 4.79 Å². The molecule has 12 heavy (non-hydrogen) atoms. The Kier molecular flexibility index (Phi) is 8.21. The van der Waals surface area contributed by atoms with E-state index in [9.17, 15) is 9.59 Å². The Hall–Kier alpha value is -1.56. The van der Waals surface area contributed by atoms with Crippen molar-refractivity contribution in [3.63, 3.8) is 0 Å². The van der Waals surface area contributed by atoms with Gasteiger partial charge < -0.3 is 21.3 Å². The van der Waals surface area contributed by atoms with E-state index in [0.29, 0.717) is 0 Å². The fourth-order valence-corrected chi connectivity index (χ4v) is 0.206. The largest absolute Gasteiger partial charge is 0.478 e. The molecule has 5 N–H and O–H groups in total. The van der Waals surface area contributed by atoms with Gasteiger partial charge in [0.25, 0.3) is 0 Å². The molecule has 0 aromatic rings. The molecule has 70 valence electrons. The van der Waals surface area contributed by atoms with Crippen molar-refractivity contribution >= 4 is 12.0 Å². The molecule has 6 heteroatoms. The van der Waals surface area contributed by atoms with Crippen LogP contribution in [0.15, 0.2) is 12.7 Å². The highest BCUT2D eigenvalue weighted by molar-refractivity contribution is 5.78. The number of rotatable bonds is 2. The van der Waals surface area contributed by atoms with E-state index in [1.54, 1.807) is 0 Å². The van der Waals surface area contributed by atoms with Crippen molar-refractivity contribution in [2.24, 2.45) is 5.73 Å². The van der Waals surface area contributed by atoms with Gasteiger partial charge in [0.2, 0.25) is 0 Å². The van der Waals surface area contributed by atoms with Gasteiger partial charge in [-0.05, 0) is 6.92 Å². The van der Waals surface area contributed by atoms with Crippen molar-refractivity contribution in [3.05, 3.63) is 12.7 Å². The highest BCUT2D eigenvalue weighted by atomic mass is 16.4. The minimum Gasteiger partial charge on any atom is -0.478 e. The Morgan fingerprint density at radius 2 is 2.00 bits per heavy atom. The summed E-state index contributed by atoms with van der Waals surface area (Å²) < 4.78 is 0. The number of primary amides is 1. The number of carbonyl (C=O) groups is 2. The van der Waals surface area contributed by atoms with Crippen LogP contribution in [0.25, 0.3) is 0 Å². The summed E-state index contributed by atoms with van der Waals surface area (Å²) in [5.41, 5.74) is 4.58. The number of hydrogen-bond donors (Lipinski definition) is 4. The molecular weight excluding hydrogens is 164 g/mol. The molecule has 1 unspecified atom stereocenters. The summed E-state index contributed by atoms with van der Waals surface area (Å²) in [6, 6.07) is -0.713. The number of aliphatic hydroxyl groups is 1. The van der Waals surface area contributed by atoms with E-state index in [1.165, 1.54) is 6.92 Å². The Morgan fingerprint density at radius 3 is 2.00 bits per heavy atom. The Balaban J connectivity index is 0.